The Bertz CT molecular complexity index is 705. The number of amides is 1. The quantitative estimate of drug-likeness (QED) is 0.726. The van der Waals surface area contributed by atoms with Crippen molar-refractivity contribution in [3.63, 3.8) is 0 Å². The lowest BCUT2D eigenvalue weighted by atomic mass is 10.0. The maximum atomic E-state index is 12.6. The van der Waals surface area contributed by atoms with Crippen LogP contribution in [0.4, 0.5) is 18.0 Å². The smallest absolute Gasteiger partial charge is 0.415 e. The van der Waals surface area contributed by atoms with Crippen LogP contribution in [0, 0.1) is 0 Å². The zero-order valence-electron chi connectivity index (χ0n) is 13.7. The summed E-state index contributed by atoms with van der Waals surface area (Å²) >= 11 is 0. The molecule has 2 aromatic rings. The largest absolute Gasteiger partial charge is 0.513 e. The lowest BCUT2D eigenvalue weighted by Crippen LogP contribution is -2.95. The summed E-state index contributed by atoms with van der Waals surface area (Å²) in [7, 11) is 0. The minimum Gasteiger partial charge on any atom is -0.415 e. The number of aliphatic hydroxyl groups is 2. The van der Waals surface area contributed by atoms with Gasteiger partial charge in [-0.3, -0.25) is 0 Å². The van der Waals surface area contributed by atoms with Gasteiger partial charge in [0, 0.05) is 0 Å². The zero-order chi connectivity index (χ0) is 19.2. The third kappa shape index (κ3) is 5.55. The Kier molecular flexibility index (Phi) is 6.73. The molecule has 0 aliphatic rings. The molecule has 26 heavy (non-hydrogen) atoms. The van der Waals surface area contributed by atoms with Crippen LogP contribution in [-0.2, 0) is 17.5 Å². The lowest BCUT2D eigenvalue weighted by Gasteiger charge is -2.19. The number of carbonyl (C=O) groups excluding carboxylic acids is 1. The molecule has 4 N–H and O–H groups in total. The number of ether oxygens (including phenoxy) is 1. The Morgan fingerprint density at radius 3 is 2.23 bits per heavy atom. The predicted molar refractivity (Wildman–Crippen MR) is 85.8 cm³/mol. The van der Waals surface area contributed by atoms with Gasteiger partial charge in [0.05, 0.1) is 12.2 Å². The third-order valence-corrected chi connectivity index (χ3v) is 3.77. The maximum Gasteiger partial charge on any atom is 0.513 e. The van der Waals surface area contributed by atoms with E-state index in [-0.39, 0.29) is 12.2 Å². The summed E-state index contributed by atoms with van der Waals surface area (Å²) in [6.45, 7) is -0.534. The van der Waals surface area contributed by atoms with Crippen LogP contribution in [0.1, 0.15) is 22.8 Å². The van der Waals surface area contributed by atoms with E-state index >= 15 is 0 Å². The van der Waals surface area contributed by atoms with Crippen molar-refractivity contribution >= 4 is 6.09 Å². The Morgan fingerprint density at radius 2 is 1.69 bits per heavy atom. The van der Waals surface area contributed by atoms with Gasteiger partial charge in [-0.1, -0.05) is 42.5 Å². The van der Waals surface area contributed by atoms with Crippen molar-refractivity contribution in [2.45, 2.75) is 24.9 Å². The standard InChI is InChI=1S/C18H18F3NO4/c19-18(20,21)14-8-6-13(7-9-14)16(24)15(10-23)22-17(25)26-11-12-4-2-1-3-5-12/h1-9,15-16,23-24H,10-11H2,(H,22,25)/p+1/t15?,16-/m1/s1. The molecule has 0 aliphatic carbocycles. The molecular weight excluding hydrogens is 351 g/mol. The van der Waals surface area contributed by atoms with Crippen molar-refractivity contribution in [1.82, 2.24) is 0 Å². The molecule has 0 spiro atoms. The lowest BCUT2D eigenvalue weighted by molar-refractivity contribution is -0.621. The van der Waals surface area contributed by atoms with Gasteiger partial charge in [0.25, 0.3) is 0 Å². The summed E-state index contributed by atoms with van der Waals surface area (Å²) in [6, 6.07) is 11.8. The Balaban J connectivity index is 1.95. The van der Waals surface area contributed by atoms with Crippen LogP contribution in [0.3, 0.4) is 0 Å². The fraction of sp³-hybridized carbons (Fsp3) is 0.278. The second-order valence-electron chi connectivity index (χ2n) is 5.67. The normalized spacial score (nSPS) is 13.9. The highest BCUT2D eigenvalue weighted by atomic mass is 19.4. The van der Waals surface area contributed by atoms with Crippen LogP contribution >= 0.6 is 0 Å². The molecule has 5 nitrogen and oxygen atoms in total. The van der Waals surface area contributed by atoms with Gasteiger partial charge in [0.2, 0.25) is 0 Å². The van der Waals surface area contributed by atoms with Crippen LogP contribution in [0.25, 0.3) is 0 Å². The third-order valence-electron chi connectivity index (χ3n) is 3.77. The number of quaternary nitrogens is 1. The van der Waals surface area contributed by atoms with Crippen molar-refractivity contribution in [2.24, 2.45) is 0 Å². The summed E-state index contributed by atoms with van der Waals surface area (Å²) < 4.78 is 42.8. The fourth-order valence-electron chi connectivity index (χ4n) is 2.31. The molecule has 0 aromatic heterocycles. The maximum absolute atomic E-state index is 12.6. The molecule has 0 bridgehead atoms. The van der Waals surface area contributed by atoms with Gasteiger partial charge in [-0.15, -0.1) is 0 Å². The van der Waals surface area contributed by atoms with Crippen molar-refractivity contribution < 1.29 is 38.2 Å². The number of carbonyl (C=O) groups is 1. The monoisotopic (exact) mass is 370 g/mol. The van der Waals surface area contributed by atoms with E-state index in [1.807, 2.05) is 6.07 Å². The van der Waals surface area contributed by atoms with Gasteiger partial charge < -0.3 is 14.9 Å². The minimum atomic E-state index is -4.48. The van der Waals surface area contributed by atoms with Gasteiger partial charge in [-0.25, -0.2) is 5.32 Å². The van der Waals surface area contributed by atoms with E-state index < -0.39 is 36.6 Å². The Labute approximate surface area is 148 Å². The van der Waals surface area contributed by atoms with E-state index in [0.29, 0.717) is 0 Å². The molecule has 0 aliphatic heterocycles. The first-order valence-electron chi connectivity index (χ1n) is 7.83. The van der Waals surface area contributed by atoms with E-state index in [1.165, 1.54) is 0 Å². The minimum absolute atomic E-state index is 0.0324. The highest BCUT2D eigenvalue weighted by Gasteiger charge is 2.32. The number of nitrogens with two attached hydrogens (primary N) is 1. The predicted octanol–water partition coefficient (Wildman–Crippen LogP) is 2.00. The van der Waals surface area contributed by atoms with Gasteiger partial charge in [0.15, 0.2) is 0 Å². The molecule has 0 radical (unpaired) electrons. The van der Waals surface area contributed by atoms with Gasteiger partial charge in [0.1, 0.15) is 18.8 Å². The second kappa shape index (κ2) is 8.79. The van der Waals surface area contributed by atoms with E-state index in [1.54, 1.807) is 24.3 Å². The van der Waals surface area contributed by atoms with Crippen LogP contribution < -0.4 is 5.32 Å². The molecule has 0 heterocycles. The average molecular weight is 370 g/mol. The number of alkyl halides is 3. The first kappa shape index (κ1) is 19.9. The van der Waals surface area contributed by atoms with Crippen LogP contribution in [0.2, 0.25) is 0 Å². The second-order valence-corrected chi connectivity index (χ2v) is 5.67. The number of hydrogen-bond donors (Lipinski definition) is 3. The molecule has 1 unspecified atom stereocenters. The highest BCUT2D eigenvalue weighted by molar-refractivity contribution is 5.55. The van der Waals surface area contributed by atoms with Crippen molar-refractivity contribution in [3.05, 3.63) is 71.3 Å². The van der Waals surface area contributed by atoms with Gasteiger partial charge in [-0.2, -0.15) is 18.0 Å². The number of benzene rings is 2. The number of hydrogen-bond acceptors (Lipinski definition) is 4. The molecule has 0 saturated carbocycles. The number of rotatable bonds is 6. The van der Waals surface area contributed by atoms with E-state index in [4.69, 9.17) is 4.74 Å². The van der Waals surface area contributed by atoms with Crippen LogP contribution in [-0.4, -0.2) is 29.0 Å². The van der Waals surface area contributed by atoms with Crippen LogP contribution in [0.15, 0.2) is 54.6 Å². The molecule has 0 saturated heterocycles. The first-order valence-corrected chi connectivity index (χ1v) is 7.83. The summed E-state index contributed by atoms with van der Waals surface area (Å²) in [4.78, 5) is 11.9. The van der Waals surface area contributed by atoms with E-state index in [0.717, 1.165) is 35.1 Å². The summed E-state index contributed by atoms with van der Waals surface area (Å²) in [5, 5.41) is 20.6. The molecule has 2 atom stereocenters. The molecule has 8 heteroatoms. The van der Waals surface area contributed by atoms with Crippen LogP contribution in [0.5, 0.6) is 0 Å². The SMILES string of the molecule is O=C([NH2+]C(CO)[C@H](O)c1ccc(C(F)(F)F)cc1)OCc1ccccc1. The molecular formula is C18H19F3NO4+. The summed E-state index contributed by atoms with van der Waals surface area (Å²) in [6.07, 6.45) is -6.56. The van der Waals surface area contributed by atoms with Crippen molar-refractivity contribution in [3.8, 4) is 0 Å². The first-order chi connectivity index (χ1) is 12.3. The summed E-state index contributed by atoms with van der Waals surface area (Å²) in [5.74, 6) is 0. The van der Waals surface area contributed by atoms with Crippen molar-refractivity contribution in [1.29, 1.82) is 0 Å². The average Bonchev–Trinajstić information content (AvgIpc) is 2.64. The molecule has 1 amide bonds. The van der Waals surface area contributed by atoms with Gasteiger partial charge in [-0.05, 0) is 23.3 Å². The number of aliphatic hydroxyl groups excluding tert-OH is 2. The fourth-order valence-corrected chi connectivity index (χ4v) is 2.31. The van der Waals surface area contributed by atoms with E-state index in [9.17, 15) is 28.2 Å². The van der Waals surface area contributed by atoms with E-state index in [2.05, 4.69) is 0 Å². The Morgan fingerprint density at radius 1 is 1.08 bits per heavy atom. The highest BCUT2D eigenvalue weighted by Crippen LogP contribution is 2.30. The summed E-state index contributed by atoms with van der Waals surface area (Å²) in [5.41, 5.74) is 0.0856. The molecule has 0 fully saturated rings. The number of primary amides is 1. The molecule has 2 rings (SSSR count). The zero-order valence-corrected chi connectivity index (χ0v) is 13.7. The number of halogens is 3. The van der Waals surface area contributed by atoms with Gasteiger partial charge >= 0.3 is 12.3 Å². The van der Waals surface area contributed by atoms with Crippen molar-refractivity contribution in [2.75, 3.05) is 6.61 Å². The molecule has 2 aromatic carbocycles. The topological polar surface area (TPSA) is 83.4 Å². The molecule has 140 valence electrons. The Hall–Kier alpha value is -2.42.